The van der Waals surface area contributed by atoms with Crippen LogP contribution in [0.25, 0.3) is 27.8 Å². The maximum absolute atomic E-state index is 14.4. The van der Waals surface area contributed by atoms with E-state index in [1.54, 1.807) is 10.6 Å². The fourth-order valence-corrected chi connectivity index (χ4v) is 6.74. The van der Waals surface area contributed by atoms with Crippen LogP contribution in [0.3, 0.4) is 0 Å². The fourth-order valence-electron chi connectivity index (χ4n) is 6.74. The summed E-state index contributed by atoms with van der Waals surface area (Å²) in [5.41, 5.74) is 5.60. The Kier molecular flexibility index (Phi) is 6.47. The predicted octanol–water partition coefficient (Wildman–Crippen LogP) is 6.05. The lowest BCUT2D eigenvalue weighted by Crippen LogP contribution is -2.51. The van der Waals surface area contributed by atoms with Crippen LogP contribution in [0.5, 0.6) is 0 Å². The number of hydrogen-bond acceptors (Lipinski definition) is 4. The van der Waals surface area contributed by atoms with E-state index in [1.165, 1.54) is 36.3 Å². The first-order valence-corrected chi connectivity index (χ1v) is 15.7. The van der Waals surface area contributed by atoms with Gasteiger partial charge in [-0.1, -0.05) is 18.6 Å². The number of H-pyrrole nitrogens is 1. The molecule has 4 aromatic rings. The summed E-state index contributed by atoms with van der Waals surface area (Å²) in [5, 5.41) is 0. The molecule has 7 nitrogen and oxygen atoms in total. The Labute approximate surface area is 248 Å². The van der Waals surface area contributed by atoms with E-state index in [-0.39, 0.29) is 30.1 Å². The molecule has 1 N–H and O–H groups in total. The van der Waals surface area contributed by atoms with Gasteiger partial charge in [-0.05, 0) is 104 Å². The van der Waals surface area contributed by atoms with Crippen LogP contribution in [-0.2, 0) is 6.54 Å². The molecule has 222 valence electrons. The van der Waals surface area contributed by atoms with Crippen molar-refractivity contribution in [1.29, 1.82) is 0 Å². The van der Waals surface area contributed by atoms with Gasteiger partial charge in [0.05, 0.1) is 30.7 Å². The van der Waals surface area contributed by atoms with Gasteiger partial charge >= 0.3 is 0 Å². The maximum atomic E-state index is 14.4. The molecule has 0 unspecified atom stereocenters. The van der Waals surface area contributed by atoms with Gasteiger partial charge in [0.25, 0.3) is 11.5 Å². The van der Waals surface area contributed by atoms with Crippen LogP contribution in [0.15, 0.2) is 47.4 Å². The summed E-state index contributed by atoms with van der Waals surface area (Å²) in [6.45, 7) is 2.85. The lowest BCUT2D eigenvalue weighted by molar-refractivity contribution is 0.0400. The molecule has 2 saturated carbocycles. The molecule has 43 heavy (non-hydrogen) atoms. The van der Waals surface area contributed by atoms with E-state index in [9.17, 15) is 18.4 Å². The molecule has 4 heterocycles. The Bertz CT molecular complexity index is 1790. The number of aromatic nitrogens is 3. The Morgan fingerprint density at radius 2 is 1.74 bits per heavy atom. The number of pyridine rings is 1. The molecule has 0 radical (unpaired) electrons. The third-order valence-electron chi connectivity index (χ3n) is 9.48. The standard InChI is InChI=1S/C34H35F2N5O2/c35-24-8-9-27(28(15-24)33(42)40-16-25(36)17-40)23-12-22(20-4-5-20)13-26(14-23)41-18-29(21-6-7-21)31-32(34(41)43)38-30(37-31)19-39-10-2-1-3-11-39/h8-9,12-15,18,20-21,25H,1-7,10-11,16-17,19H2,(H,37,38). The van der Waals surface area contributed by atoms with Gasteiger partial charge in [-0.2, -0.15) is 0 Å². The van der Waals surface area contributed by atoms with Crippen LogP contribution in [0, 0.1) is 5.82 Å². The van der Waals surface area contributed by atoms with Crippen LogP contribution in [-0.4, -0.2) is 62.6 Å². The SMILES string of the molecule is O=C(c1cc(F)ccc1-c1cc(C2CC2)cc(-n2cc(C3CC3)c3nc(CN4CCCCC4)[nH]c3c2=O)c1)N1CC(F)C1. The number of benzene rings is 2. The number of nitrogens with one attached hydrogen (secondary N) is 1. The average Bonchev–Trinajstić information content (AvgIpc) is 3.93. The van der Waals surface area contributed by atoms with E-state index in [1.807, 2.05) is 12.3 Å². The van der Waals surface area contributed by atoms with E-state index in [0.29, 0.717) is 29.5 Å². The van der Waals surface area contributed by atoms with E-state index in [2.05, 4.69) is 22.0 Å². The zero-order valence-corrected chi connectivity index (χ0v) is 24.1. The van der Waals surface area contributed by atoms with Gasteiger partial charge in [0.2, 0.25) is 0 Å². The van der Waals surface area contributed by atoms with Crippen molar-refractivity contribution in [2.24, 2.45) is 0 Å². The van der Waals surface area contributed by atoms with Crippen molar-refractivity contribution in [3.8, 4) is 16.8 Å². The first-order valence-electron chi connectivity index (χ1n) is 15.7. The fraction of sp³-hybridized carbons (Fsp3) is 0.441. The van der Waals surface area contributed by atoms with Crippen molar-refractivity contribution >= 4 is 16.9 Å². The minimum absolute atomic E-state index is 0.0193. The number of alkyl halides is 1. The second-order valence-electron chi connectivity index (χ2n) is 12.9. The Morgan fingerprint density at radius 3 is 2.47 bits per heavy atom. The van der Waals surface area contributed by atoms with Crippen LogP contribution in [0.1, 0.15) is 84.1 Å². The molecule has 2 aromatic heterocycles. The molecule has 9 heteroatoms. The summed E-state index contributed by atoms with van der Waals surface area (Å²) in [6.07, 6.45) is 8.83. The minimum atomic E-state index is -1.05. The molecule has 0 spiro atoms. The van der Waals surface area contributed by atoms with Crippen molar-refractivity contribution in [2.45, 2.75) is 69.5 Å². The van der Waals surface area contributed by atoms with Crippen molar-refractivity contribution in [3.63, 3.8) is 0 Å². The number of nitrogens with zero attached hydrogens (tertiary/aromatic N) is 4. The highest BCUT2D eigenvalue weighted by molar-refractivity contribution is 6.01. The molecule has 2 saturated heterocycles. The van der Waals surface area contributed by atoms with Crippen LogP contribution in [0.2, 0.25) is 0 Å². The van der Waals surface area contributed by atoms with E-state index >= 15 is 0 Å². The minimum Gasteiger partial charge on any atom is -0.336 e. The molecule has 8 rings (SSSR count). The Morgan fingerprint density at radius 1 is 0.977 bits per heavy atom. The topological polar surface area (TPSA) is 74.2 Å². The first-order chi connectivity index (χ1) is 20.9. The number of carbonyl (C=O) groups excluding carboxylic acids is 1. The summed E-state index contributed by atoms with van der Waals surface area (Å²) in [4.78, 5) is 39.5. The third kappa shape index (κ3) is 5.07. The van der Waals surface area contributed by atoms with Gasteiger partial charge in [-0.25, -0.2) is 13.8 Å². The van der Waals surface area contributed by atoms with E-state index < -0.39 is 12.0 Å². The van der Waals surface area contributed by atoms with Crippen LogP contribution < -0.4 is 5.56 Å². The average molecular weight is 584 g/mol. The highest BCUT2D eigenvalue weighted by Gasteiger charge is 2.33. The molecule has 0 bridgehead atoms. The van der Waals surface area contributed by atoms with Crippen molar-refractivity contribution in [2.75, 3.05) is 26.2 Å². The number of carbonyl (C=O) groups is 1. The summed E-state index contributed by atoms with van der Waals surface area (Å²) >= 11 is 0. The van der Waals surface area contributed by atoms with Gasteiger partial charge in [-0.3, -0.25) is 19.1 Å². The summed E-state index contributed by atoms with van der Waals surface area (Å²) in [6, 6.07) is 10.3. The monoisotopic (exact) mass is 583 g/mol. The van der Waals surface area contributed by atoms with Crippen molar-refractivity contribution in [1.82, 2.24) is 24.3 Å². The largest absolute Gasteiger partial charge is 0.336 e. The quantitative estimate of drug-likeness (QED) is 0.287. The number of likely N-dealkylation sites (tertiary alicyclic amines) is 2. The van der Waals surface area contributed by atoms with E-state index in [4.69, 9.17) is 4.98 Å². The number of aromatic amines is 1. The number of rotatable bonds is 7. The molecule has 1 amide bonds. The molecule has 2 aliphatic heterocycles. The summed E-state index contributed by atoms with van der Waals surface area (Å²) in [7, 11) is 0. The second kappa shape index (κ2) is 10.4. The zero-order chi connectivity index (χ0) is 29.2. The number of amides is 1. The molecule has 4 aliphatic rings. The predicted molar refractivity (Wildman–Crippen MR) is 161 cm³/mol. The van der Waals surface area contributed by atoms with Crippen molar-refractivity contribution < 1.29 is 13.6 Å². The van der Waals surface area contributed by atoms with E-state index in [0.717, 1.165) is 72.5 Å². The normalized spacial score (nSPS) is 19.6. The van der Waals surface area contributed by atoms with Crippen LogP contribution >= 0.6 is 0 Å². The summed E-state index contributed by atoms with van der Waals surface area (Å²) < 4.78 is 29.7. The lowest BCUT2D eigenvalue weighted by Gasteiger charge is -2.34. The smallest absolute Gasteiger partial charge is 0.281 e. The highest BCUT2D eigenvalue weighted by atomic mass is 19.1. The van der Waals surface area contributed by atoms with Gasteiger partial charge in [0.1, 0.15) is 23.3 Å². The Hall–Kier alpha value is -3.85. The molecule has 2 aliphatic carbocycles. The number of fused-ring (bicyclic) bond motifs is 1. The van der Waals surface area contributed by atoms with Gasteiger partial charge < -0.3 is 9.88 Å². The van der Waals surface area contributed by atoms with Crippen LogP contribution in [0.4, 0.5) is 8.78 Å². The zero-order valence-electron chi connectivity index (χ0n) is 24.1. The number of hydrogen-bond donors (Lipinski definition) is 1. The maximum Gasteiger partial charge on any atom is 0.281 e. The molecular weight excluding hydrogens is 548 g/mol. The highest BCUT2D eigenvalue weighted by Crippen LogP contribution is 2.44. The number of imidazole rings is 1. The first kappa shape index (κ1) is 26.8. The molecular formula is C34H35F2N5O2. The molecule has 4 fully saturated rings. The summed E-state index contributed by atoms with van der Waals surface area (Å²) in [5.74, 6) is 0.695. The Balaban J connectivity index is 1.24. The van der Waals surface area contributed by atoms with Gasteiger partial charge in [0.15, 0.2) is 0 Å². The second-order valence-corrected chi connectivity index (χ2v) is 12.9. The van der Waals surface area contributed by atoms with Gasteiger partial charge in [-0.15, -0.1) is 0 Å². The third-order valence-corrected chi connectivity index (χ3v) is 9.48. The molecule has 2 aromatic carbocycles. The molecule has 0 atom stereocenters. The number of piperidine rings is 1. The number of halogens is 2. The van der Waals surface area contributed by atoms with Gasteiger partial charge in [0, 0.05) is 17.4 Å². The van der Waals surface area contributed by atoms with Crippen molar-refractivity contribution in [3.05, 3.63) is 81.3 Å². The lowest BCUT2D eigenvalue weighted by atomic mass is 9.94.